The molecular formula is C51H100O2. The van der Waals surface area contributed by atoms with E-state index in [9.17, 15) is 4.79 Å². The number of carbonyl (C=O) groups excluding carboxylic acids is 1. The molecule has 0 aliphatic heterocycles. The van der Waals surface area contributed by atoms with E-state index in [4.69, 9.17) is 4.74 Å². The second kappa shape index (κ2) is 47.4. The Morgan fingerprint density at radius 2 is 0.698 bits per heavy atom. The standard InChI is InChI=1S/C51H100O2/c1-4-6-7-8-9-10-11-12-13-14-15-17-21-24-27-30-33-36-39-42-45-48-51(52)53-49-46-43-40-37-34-31-28-25-22-19-16-18-20-23-26-29-32-35-38-41-44-47-50(3)5-2/h12-13,50H,4-11,14-49H2,1-3H3. The molecule has 0 aromatic rings. The Morgan fingerprint density at radius 3 is 1.06 bits per heavy atom. The normalized spacial score (nSPS) is 12.3. The average Bonchev–Trinajstić information content (AvgIpc) is 3.16. The first kappa shape index (κ1) is 52.2. The molecule has 0 bridgehead atoms. The van der Waals surface area contributed by atoms with Gasteiger partial charge >= 0.3 is 5.97 Å². The van der Waals surface area contributed by atoms with Gasteiger partial charge in [0, 0.05) is 6.42 Å². The highest BCUT2D eigenvalue weighted by atomic mass is 16.5. The molecule has 1 unspecified atom stereocenters. The summed E-state index contributed by atoms with van der Waals surface area (Å²) in [6.07, 6.45) is 63.3. The molecule has 0 aliphatic rings. The molecule has 0 radical (unpaired) electrons. The minimum atomic E-state index is 0.0298. The summed E-state index contributed by atoms with van der Waals surface area (Å²) in [6.45, 7) is 7.64. The molecule has 0 spiro atoms. The number of esters is 1. The van der Waals surface area contributed by atoms with Crippen molar-refractivity contribution in [3.05, 3.63) is 12.2 Å². The molecule has 53 heavy (non-hydrogen) atoms. The number of hydrogen-bond donors (Lipinski definition) is 0. The number of hydrogen-bond acceptors (Lipinski definition) is 2. The van der Waals surface area contributed by atoms with Gasteiger partial charge in [0.1, 0.15) is 0 Å². The van der Waals surface area contributed by atoms with Crippen molar-refractivity contribution in [1.82, 2.24) is 0 Å². The van der Waals surface area contributed by atoms with Crippen molar-refractivity contribution in [2.75, 3.05) is 6.61 Å². The Bertz CT molecular complexity index is 698. The van der Waals surface area contributed by atoms with E-state index < -0.39 is 0 Å². The lowest BCUT2D eigenvalue weighted by molar-refractivity contribution is -0.143. The van der Waals surface area contributed by atoms with Gasteiger partial charge < -0.3 is 4.74 Å². The third-order valence-electron chi connectivity index (χ3n) is 11.9. The largest absolute Gasteiger partial charge is 0.466 e. The Labute approximate surface area is 336 Å². The van der Waals surface area contributed by atoms with Gasteiger partial charge in [-0.15, -0.1) is 0 Å². The van der Waals surface area contributed by atoms with E-state index in [1.54, 1.807) is 0 Å². The van der Waals surface area contributed by atoms with Crippen molar-refractivity contribution in [3.63, 3.8) is 0 Å². The lowest BCUT2D eigenvalue weighted by Crippen LogP contribution is -2.05. The SMILES string of the molecule is CCCCCCCCC=CCCCCCCCCCCCCCC(=O)OCCCCCCCCCCCCCCCCCCCCCCCC(C)CC. The summed E-state index contributed by atoms with van der Waals surface area (Å²) in [5, 5.41) is 0. The Hall–Kier alpha value is -0.790. The predicted octanol–water partition coefficient (Wildman–Crippen LogP) is 18.5. The summed E-state index contributed by atoms with van der Waals surface area (Å²) in [7, 11) is 0. The van der Waals surface area contributed by atoms with Crippen molar-refractivity contribution in [2.45, 2.75) is 297 Å². The van der Waals surface area contributed by atoms with Crippen LogP contribution in [-0.4, -0.2) is 12.6 Å². The molecule has 316 valence electrons. The van der Waals surface area contributed by atoms with Crippen LogP contribution in [0.4, 0.5) is 0 Å². The van der Waals surface area contributed by atoms with Gasteiger partial charge in [0.25, 0.3) is 0 Å². The van der Waals surface area contributed by atoms with Gasteiger partial charge in [0.15, 0.2) is 0 Å². The fraction of sp³-hybridized carbons (Fsp3) is 0.941. The van der Waals surface area contributed by atoms with E-state index in [1.165, 1.54) is 257 Å². The number of ether oxygens (including phenoxy) is 1. The fourth-order valence-electron chi connectivity index (χ4n) is 7.82. The summed E-state index contributed by atoms with van der Waals surface area (Å²) < 4.78 is 5.50. The second-order valence-electron chi connectivity index (χ2n) is 17.4. The highest BCUT2D eigenvalue weighted by Crippen LogP contribution is 2.18. The molecule has 1 atom stereocenters. The Kier molecular flexibility index (Phi) is 46.7. The Morgan fingerprint density at radius 1 is 0.396 bits per heavy atom. The highest BCUT2D eigenvalue weighted by molar-refractivity contribution is 5.69. The van der Waals surface area contributed by atoms with E-state index in [2.05, 4.69) is 32.9 Å². The van der Waals surface area contributed by atoms with Crippen LogP contribution in [0.15, 0.2) is 12.2 Å². The van der Waals surface area contributed by atoms with Crippen LogP contribution in [-0.2, 0) is 9.53 Å². The minimum absolute atomic E-state index is 0.0298. The molecule has 0 aromatic heterocycles. The maximum Gasteiger partial charge on any atom is 0.305 e. The first-order valence-electron chi connectivity index (χ1n) is 25.0. The molecule has 0 aliphatic carbocycles. The lowest BCUT2D eigenvalue weighted by atomic mass is 9.99. The zero-order valence-corrected chi connectivity index (χ0v) is 37.2. The van der Waals surface area contributed by atoms with Gasteiger partial charge in [-0.3, -0.25) is 4.79 Å². The van der Waals surface area contributed by atoms with Crippen LogP contribution in [0.1, 0.15) is 297 Å². The molecule has 0 N–H and O–H groups in total. The van der Waals surface area contributed by atoms with Gasteiger partial charge in [-0.2, -0.15) is 0 Å². The monoisotopic (exact) mass is 745 g/mol. The molecule has 0 amide bonds. The van der Waals surface area contributed by atoms with E-state index in [0.717, 1.165) is 18.8 Å². The smallest absolute Gasteiger partial charge is 0.305 e. The zero-order valence-electron chi connectivity index (χ0n) is 37.2. The number of unbranched alkanes of at least 4 members (excludes halogenated alkanes) is 37. The number of carbonyl (C=O) groups is 1. The number of rotatable bonds is 46. The van der Waals surface area contributed by atoms with E-state index in [-0.39, 0.29) is 5.97 Å². The predicted molar refractivity (Wildman–Crippen MR) is 239 cm³/mol. The van der Waals surface area contributed by atoms with Crippen LogP contribution >= 0.6 is 0 Å². The molecule has 0 fully saturated rings. The third kappa shape index (κ3) is 47.3. The van der Waals surface area contributed by atoms with Crippen LogP contribution in [0, 0.1) is 5.92 Å². The summed E-state index contributed by atoms with van der Waals surface area (Å²) >= 11 is 0. The third-order valence-corrected chi connectivity index (χ3v) is 11.9. The van der Waals surface area contributed by atoms with Crippen LogP contribution in [0.2, 0.25) is 0 Å². The number of allylic oxidation sites excluding steroid dienone is 2. The van der Waals surface area contributed by atoms with Crippen LogP contribution in [0.5, 0.6) is 0 Å². The van der Waals surface area contributed by atoms with E-state index in [0.29, 0.717) is 13.0 Å². The van der Waals surface area contributed by atoms with Crippen LogP contribution in [0.3, 0.4) is 0 Å². The van der Waals surface area contributed by atoms with Gasteiger partial charge in [0.2, 0.25) is 0 Å². The summed E-state index contributed by atoms with van der Waals surface area (Å²) in [6, 6.07) is 0. The molecule has 0 heterocycles. The van der Waals surface area contributed by atoms with Gasteiger partial charge in [0.05, 0.1) is 6.61 Å². The molecule has 2 nitrogen and oxygen atoms in total. The van der Waals surface area contributed by atoms with Crippen LogP contribution < -0.4 is 0 Å². The highest BCUT2D eigenvalue weighted by Gasteiger charge is 2.03. The minimum Gasteiger partial charge on any atom is -0.466 e. The van der Waals surface area contributed by atoms with Crippen LogP contribution in [0.25, 0.3) is 0 Å². The van der Waals surface area contributed by atoms with E-state index in [1.807, 2.05) is 0 Å². The molecule has 0 saturated carbocycles. The van der Waals surface area contributed by atoms with Crippen molar-refractivity contribution in [2.24, 2.45) is 5.92 Å². The maximum atomic E-state index is 12.1. The van der Waals surface area contributed by atoms with Crippen molar-refractivity contribution >= 4 is 5.97 Å². The van der Waals surface area contributed by atoms with Crippen molar-refractivity contribution in [3.8, 4) is 0 Å². The fourth-order valence-corrected chi connectivity index (χ4v) is 7.82. The lowest BCUT2D eigenvalue weighted by Gasteiger charge is -2.07. The van der Waals surface area contributed by atoms with E-state index >= 15 is 0 Å². The molecular weight excluding hydrogens is 645 g/mol. The molecule has 0 rings (SSSR count). The summed E-state index contributed by atoms with van der Waals surface area (Å²) in [4.78, 5) is 12.1. The first-order chi connectivity index (χ1) is 26.2. The Balaban J connectivity index is 3.17. The summed E-state index contributed by atoms with van der Waals surface area (Å²) in [5.74, 6) is 0.965. The van der Waals surface area contributed by atoms with Crippen molar-refractivity contribution < 1.29 is 9.53 Å². The zero-order chi connectivity index (χ0) is 38.4. The second-order valence-corrected chi connectivity index (χ2v) is 17.4. The summed E-state index contributed by atoms with van der Waals surface area (Å²) in [5.41, 5.74) is 0. The van der Waals surface area contributed by atoms with Gasteiger partial charge in [-0.25, -0.2) is 0 Å². The van der Waals surface area contributed by atoms with Gasteiger partial charge in [-0.1, -0.05) is 264 Å². The van der Waals surface area contributed by atoms with Gasteiger partial charge in [-0.05, 0) is 44.4 Å². The maximum absolute atomic E-state index is 12.1. The average molecular weight is 745 g/mol. The quantitative estimate of drug-likeness (QED) is 0.0352. The van der Waals surface area contributed by atoms with Crippen molar-refractivity contribution in [1.29, 1.82) is 0 Å². The molecule has 2 heteroatoms. The first-order valence-corrected chi connectivity index (χ1v) is 25.0. The molecule has 0 saturated heterocycles. The molecule has 0 aromatic carbocycles. The topological polar surface area (TPSA) is 26.3 Å².